The van der Waals surface area contributed by atoms with E-state index in [-0.39, 0.29) is 11.7 Å². The van der Waals surface area contributed by atoms with Crippen molar-refractivity contribution in [2.45, 2.75) is 12.1 Å². The van der Waals surface area contributed by atoms with Gasteiger partial charge in [-0.1, -0.05) is 11.8 Å². The van der Waals surface area contributed by atoms with E-state index in [1.807, 2.05) is 25.1 Å². The van der Waals surface area contributed by atoms with Crippen LogP contribution in [0.25, 0.3) is 0 Å². The lowest BCUT2D eigenvalue weighted by Crippen LogP contribution is -2.15. The van der Waals surface area contributed by atoms with E-state index in [0.29, 0.717) is 5.16 Å². The van der Waals surface area contributed by atoms with E-state index >= 15 is 0 Å². The lowest BCUT2D eigenvalue weighted by Gasteiger charge is -2.09. The molecule has 1 aromatic carbocycles. The second-order valence-electron chi connectivity index (χ2n) is 4.05. The van der Waals surface area contributed by atoms with E-state index in [0.717, 1.165) is 17.0 Å². The molecule has 0 aliphatic rings. The molecule has 0 atom stereocenters. The Morgan fingerprint density at radius 1 is 1.35 bits per heavy atom. The monoisotopic (exact) mass is 289 g/mol. The highest BCUT2D eigenvalue weighted by Crippen LogP contribution is 2.21. The number of aryl methyl sites for hydroxylation is 1. The van der Waals surface area contributed by atoms with E-state index in [1.54, 1.807) is 25.6 Å². The number of rotatable bonds is 5. The molecular formula is C14H15N3O2S. The molecule has 1 amide bonds. The zero-order valence-corrected chi connectivity index (χ0v) is 12.1. The number of ether oxygens (including phenoxy) is 1. The van der Waals surface area contributed by atoms with Gasteiger partial charge >= 0.3 is 0 Å². The summed E-state index contributed by atoms with van der Waals surface area (Å²) < 4.78 is 5.13. The number of aromatic nitrogens is 2. The fourth-order valence-corrected chi connectivity index (χ4v) is 2.18. The van der Waals surface area contributed by atoms with Crippen LogP contribution in [0.1, 0.15) is 5.56 Å². The second-order valence-corrected chi connectivity index (χ2v) is 4.99. The third-order valence-electron chi connectivity index (χ3n) is 2.58. The molecule has 0 aliphatic heterocycles. The predicted octanol–water partition coefficient (Wildman–Crippen LogP) is 2.52. The molecule has 0 radical (unpaired) electrons. The average molecular weight is 289 g/mol. The molecule has 0 fully saturated rings. The van der Waals surface area contributed by atoms with Crippen molar-refractivity contribution >= 4 is 23.4 Å². The number of benzene rings is 1. The summed E-state index contributed by atoms with van der Waals surface area (Å²) in [5, 5.41) is 3.45. The summed E-state index contributed by atoms with van der Waals surface area (Å²) in [5.74, 6) is 0.957. The molecule has 6 heteroatoms. The first-order chi connectivity index (χ1) is 9.69. The molecule has 20 heavy (non-hydrogen) atoms. The molecule has 0 saturated heterocycles. The van der Waals surface area contributed by atoms with E-state index < -0.39 is 0 Å². The minimum absolute atomic E-state index is 0.0873. The Kier molecular flexibility index (Phi) is 4.95. The van der Waals surface area contributed by atoms with Gasteiger partial charge in [0.1, 0.15) is 5.75 Å². The van der Waals surface area contributed by atoms with Crippen LogP contribution in [-0.2, 0) is 4.79 Å². The highest BCUT2D eigenvalue weighted by molar-refractivity contribution is 7.99. The lowest BCUT2D eigenvalue weighted by molar-refractivity contribution is -0.113. The summed E-state index contributed by atoms with van der Waals surface area (Å²) in [7, 11) is 1.61. The van der Waals surface area contributed by atoms with Crippen LogP contribution >= 0.6 is 11.8 Å². The number of hydrogen-bond donors (Lipinski definition) is 1. The van der Waals surface area contributed by atoms with E-state index in [4.69, 9.17) is 4.74 Å². The van der Waals surface area contributed by atoms with Crippen molar-refractivity contribution in [2.75, 3.05) is 18.2 Å². The van der Waals surface area contributed by atoms with Gasteiger partial charge in [0.15, 0.2) is 5.16 Å². The highest BCUT2D eigenvalue weighted by atomic mass is 32.2. The van der Waals surface area contributed by atoms with Gasteiger partial charge in [0.25, 0.3) is 0 Å². The van der Waals surface area contributed by atoms with Crippen molar-refractivity contribution < 1.29 is 9.53 Å². The van der Waals surface area contributed by atoms with Gasteiger partial charge in [-0.3, -0.25) is 4.79 Å². The first-order valence-corrected chi connectivity index (χ1v) is 7.02. The van der Waals surface area contributed by atoms with Crippen LogP contribution < -0.4 is 10.1 Å². The van der Waals surface area contributed by atoms with Crippen LogP contribution in [0.3, 0.4) is 0 Å². The van der Waals surface area contributed by atoms with Crippen LogP contribution in [0.15, 0.2) is 41.8 Å². The minimum atomic E-state index is -0.0873. The van der Waals surface area contributed by atoms with Gasteiger partial charge in [0.2, 0.25) is 5.91 Å². The first kappa shape index (κ1) is 14.3. The Hall–Kier alpha value is -2.08. The standard InChI is InChI=1S/C14H15N3O2S/c1-10-8-11(19-2)4-5-12(10)17-13(18)9-20-14-15-6-3-7-16-14/h3-8H,9H2,1-2H3,(H,17,18). The van der Waals surface area contributed by atoms with Gasteiger partial charge in [-0.25, -0.2) is 9.97 Å². The number of nitrogens with one attached hydrogen (secondary N) is 1. The Labute approximate surface area is 121 Å². The van der Waals surface area contributed by atoms with Gasteiger partial charge < -0.3 is 10.1 Å². The maximum absolute atomic E-state index is 11.9. The topological polar surface area (TPSA) is 64.1 Å². The maximum atomic E-state index is 11.9. The molecular weight excluding hydrogens is 274 g/mol. The molecule has 0 bridgehead atoms. The Morgan fingerprint density at radius 2 is 2.10 bits per heavy atom. The van der Waals surface area contributed by atoms with Crippen molar-refractivity contribution in [3.8, 4) is 5.75 Å². The van der Waals surface area contributed by atoms with Gasteiger partial charge in [0, 0.05) is 18.1 Å². The molecule has 1 aromatic heterocycles. The molecule has 2 aromatic rings. The number of carbonyl (C=O) groups is 1. The Bertz CT molecular complexity index is 590. The molecule has 2 rings (SSSR count). The Balaban J connectivity index is 1.91. The summed E-state index contributed by atoms with van der Waals surface area (Å²) in [5.41, 5.74) is 1.74. The molecule has 5 nitrogen and oxygen atoms in total. The zero-order chi connectivity index (χ0) is 14.4. The number of hydrogen-bond acceptors (Lipinski definition) is 5. The number of methoxy groups -OCH3 is 1. The normalized spacial score (nSPS) is 10.1. The number of nitrogens with zero attached hydrogens (tertiary/aromatic N) is 2. The number of thioether (sulfide) groups is 1. The summed E-state index contributed by atoms with van der Waals surface area (Å²) >= 11 is 1.30. The Morgan fingerprint density at radius 3 is 2.75 bits per heavy atom. The molecule has 1 N–H and O–H groups in total. The van der Waals surface area contributed by atoms with Crippen LogP contribution in [-0.4, -0.2) is 28.7 Å². The lowest BCUT2D eigenvalue weighted by atomic mass is 10.2. The van der Waals surface area contributed by atoms with Crippen molar-refractivity contribution in [1.82, 2.24) is 9.97 Å². The summed E-state index contributed by atoms with van der Waals surface area (Å²) in [6.45, 7) is 1.92. The van der Waals surface area contributed by atoms with Gasteiger partial charge in [-0.15, -0.1) is 0 Å². The van der Waals surface area contributed by atoms with Crippen LogP contribution in [0.4, 0.5) is 5.69 Å². The number of carbonyl (C=O) groups excluding carboxylic acids is 1. The number of amides is 1. The fourth-order valence-electron chi connectivity index (χ4n) is 1.58. The van der Waals surface area contributed by atoms with Gasteiger partial charge in [-0.2, -0.15) is 0 Å². The second kappa shape index (κ2) is 6.91. The molecule has 1 heterocycles. The quantitative estimate of drug-likeness (QED) is 0.677. The smallest absolute Gasteiger partial charge is 0.234 e. The van der Waals surface area contributed by atoms with E-state index in [1.165, 1.54) is 11.8 Å². The molecule has 104 valence electrons. The summed E-state index contributed by atoms with van der Waals surface area (Å²) in [6.07, 6.45) is 3.31. The third-order valence-corrected chi connectivity index (χ3v) is 3.46. The van der Waals surface area contributed by atoms with Gasteiger partial charge in [0.05, 0.1) is 12.9 Å². The SMILES string of the molecule is COc1ccc(NC(=O)CSc2ncccn2)c(C)c1. The van der Waals surface area contributed by atoms with Crippen LogP contribution in [0.5, 0.6) is 5.75 Å². The largest absolute Gasteiger partial charge is 0.497 e. The first-order valence-electron chi connectivity index (χ1n) is 6.03. The van der Waals surface area contributed by atoms with Crippen LogP contribution in [0, 0.1) is 6.92 Å². The van der Waals surface area contributed by atoms with E-state index in [9.17, 15) is 4.79 Å². The number of anilines is 1. The van der Waals surface area contributed by atoms with Crippen LogP contribution in [0.2, 0.25) is 0 Å². The fraction of sp³-hybridized carbons (Fsp3) is 0.214. The maximum Gasteiger partial charge on any atom is 0.234 e. The van der Waals surface area contributed by atoms with Crippen molar-refractivity contribution in [3.05, 3.63) is 42.2 Å². The van der Waals surface area contributed by atoms with Crippen molar-refractivity contribution in [2.24, 2.45) is 0 Å². The summed E-state index contributed by atoms with van der Waals surface area (Å²) in [6, 6.07) is 7.26. The average Bonchev–Trinajstić information content (AvgIpc) is 2.48. The predicted molar refractivity (Wildman–Crippen MR) is 79.1 cm³/mol. The minimum Gasteiger partial charge on any atom is -0.497 e. The third kappa shape index (κ3) is 3.96. The van der Waals surface area contributed by atoms with E-state index in [2.05, 4.69) is 15.3 Å². The highest BCUT2D eigenvalue weighted by Gasteiger charge is 2.07. The zero-order valence-electron chi connectivity index (χ0n) is 11.3. The summed E-state index contributed by atoms with van der Waals surface area (Å²) in [4.78, 5) is 20.0. The van der Waals surface area contributed by atoms with Crippen molar-refractivity contribution in [3.63, 3.8) is 0 Å². The molecule has 0 unspecified atom stereocenters. The van der Waals surface area contributed by atoms with Crippen molar-refractivity contribution in [1.29, 1.82) is 0 Å². The molecule has 0 spiro atoms. The molecule has 0 aliphatic carbocycles. The van der Waals surface area contributed by atoms with Gasteiger partial charge in [-0.05, 0) is 36.8 Å². The molecule has 0 saturated carbocycles.